The first-order valence-corrected chi connectivity index (χ1v) is 5.28. The molecule has 0 radical (unpaired) electrons. The van der Waals surface area contributed by atoms with Gasteiger partial charge >= 0.3 is 0 Å². The minimum absolute atomic E-state index is 0.364. The van der Waals surface area contributed by atoms with E-state index in [2.05, 4.69) is 18.3 Å². The zero-order chi connectivity index (χ0) is 9.97. The molecule has 1 fully saturated rings. The first-order valence-electron chi connectivity index (χ1n) is 5.28. The minimum atomic E-state index is 0.364. The molecule has 1 aromatic rings. The van der Waals surface area contributed by atoms with Gasteiger partial charge in [0, 0.05) is 6.04 Å². The Morgan fingerprint density at radius 2 is 2.21 bits per heavy atom. The molecule has 0 saturated carbocycles. The van der Waals surface area contributed by atoms with Crippen molar-refractivity contribution in [2.24, 2.45) is 5.92 Å². The van der Waals surface area contributed by atoms with E-state index in [-0.39, 0.29) is 0 Å². The summed E-state index contributed by atoms with van der Waals surface area (Å²) < 4.78 is 0. The summed E-state index contributed by atoms with van der Waals surface area (Å²) in [7, 11) is 0. The van der Waals surface area contributed by atoms with Crippen LogP contribution in [0.25, 0.3) is 0 Å². The van der Waals surface area contributed by atoms with E-state index in [1.54, 1.807) is 6.07 Å². The highest BCUT2D eigenvalue weighted by atomic mass is 16.3. The van der Waals surface area contributed by atoms with Crippen molar-refractivity contribution in [1.82, 2.24) is 5.32 Å². The van der Waals surface area contributed by atoms with Gasteiger partial charge in [-0.05, 0) is 43.0 Å². The molecule has 1 saturated heterocycles. The third kappa shape index (κ3) is 2.07. The van der Waals surface area contributed by atoms with E-state index < -0.39 is 0 Å². The SMILES string of the molecule is CC1CCC(c2cccc(O)c2)NC1. The lowest BCUT2D eigenvalue weighted by Gasteiger charge is -2.28. The molecule has 2 heteroatoms. The molecule has 1 aromatic carbocycles. The molecule has 0 aromatic heterocycles. The molecule has 14 heavy (non-hydrogen) atoms. The van der Waals surface area contributed by atoms with Crippen LogP contribution in [0.1, 0.15) is 31.4 Å². The van der Waals surface area contributed by atoms with Crippen molar-refractivity contribution in [3.63, 3.8) is 0 Å². The van der Waals surface area contributed by atoms with Crippen LogP contribution in [0.3, 0.4) is 0 Å². The number of phenols is 1. The highest BCUT2D eigenvalue weighted by Gasteiger charge is 2.18. The second kappa shape index (κ2) is 4.01. The third-order valence-corrected chi connectivity index (χ3v) is 2.93. The van der Waals surface area contributed by atoms with Gasteiger partial charge in [-0.2, -0.15) is 0 Å². The Morgan fingerprint density at radius 3 is 2.86 bits per heavy atom. The van der Waals surface area contributed by atoms with Crippen LogP contribution < -0.4 is 5.32 Å². The van der Waals surface area contributed by atoms with E-state index >= 15 is 0 Å². The Hall–Kier alpha value is -1.02. The summed E-state index contributed by atoms with van der Waals surface area (Å²) in [6.45, 7) is 3.35. The minimum Gasteiger partial charge on any atom is -0.508 e. The van der Waals surface area contributed by atoms with Crippen molar-refractivity contribution < 1.29 is 5.11 Å². The number of benzene rings is 1. The van der Waals surface area contributed by atoms with Crippen molar-refractivity contribution in [1.29, 1.82) is 0 Å². The molecule has 1 heterocycles. The topological polar surface area (TPSA) is 32.3 Å². The van der Waals surface area contributed by atoms with Crippen LogP contribution in [0, 0.1) is 5.92 Å². The molecule has 0 spiro atoms. The monoisotopic (exact) mass is 191 g/mol. The van der Waals surface area contributed by atoms with Gasteiger partial charge in [-0.3, -0.25) is 0 Å². The molecular weight excluding hydrogens is 174 g/mol. The lowest BCUT2D eigenvalue weighted by Crippen LogP contribution is -2.31. The smallest absolute Gasteiger partial charge is 0.115 e. The fourth-order valence-electron chi connectivity index (χ4n) is 2.02. The average molecular weight is 191 g/mol. The molecule has 2 rings (SSSR count). The molecule has 76 valence electrons. The highest BCUT2D eigenvalue weighted by Crippen LogP contribution is 2.27. The standard InChI is InChI=1S/C12H17NO/c1-9-5-6-12(13-8-9)10-3-2-4-11(14)7-10/h2-4,7,9,12-14H,5-6,8H2,1H3. The van der Waals surface area contributed by atoms with Gasteiger partial charge in [0.1, 0.15) is 5.75 Å². The third-order valence-electron chi connectivity index (χ3n) is 2.93. The second-order valence-corrected chi connectivity index (χ2v) is 4.24. The summed E-state index contributed by atoms with van der Waals surface area (Å²) in [5.74, 6) is 1.14. The zero-order valence-corrected chi connectivity index (χ0v) is 8.53. The Labute approximate surface area is 85.0 Å². The quantitative estimate of drug-likeness (QED) is 0.714. The summed E-state index contributed by atoms with van der Waals surface area (Å²) in [6.07, 6.45) is 2.44. The van der Waals surface area contributed by atoms with Crippen LogP contribution >= 0.6 is 0 Å². The Kier molecular flexibility index (Phi) is 2.73. The van der Waals surface area contributed by atoms with Crippen LogP contribution in [0.5, 0.6) is 5.75 Å². The van der Waals surface area contributed by atoms with Gasteiger partial charge in [0.25, 0.3) is 0 Å². The predicted molar refractivity (Wildman–Crippen MR) is 57.2 cm³/mol. The van der Waals surface area contributed by atoms with Gasteiger partial charge in [-0.1, -0.05) is 19.1 Å². The maximum Gasteiger partial charge on any atom is 0.115 e. The Balaban J connectivity index is 2.08. The number of aromatic hydroxyl groups is 1. The molecule has 1 aliphatic rings. The van der Waals surface area contributed by atoms with E-state index in [9.17, 15) is 5.11 Å². The van der Waals surface area contributed by atoms with Crippen molar-refractivity contribution in [2.75, 3.05) is 6.54 Å². The van der Waals surface area contributed by atoms with Crippen LogP contribution in [0.4, 0.5) is 0 Å². The Bertz CT molecular complexity index is 303. The average Bonchev–Trinajstić information content (AvgIpc) is 2.19. The number of phenolic OH excluding ortho intramolecular Hbond substituents is 1. The van der Waals surface area contributed by atoms with Gasteiger partial charge in [-0.25, -0.2) is 0 Å². The number of hydrogen-bond donors (Lipinski definition) is 2. The van der Waals surface area contributed by atoms with Crippen LogP contribution in [0.2, 0.25) is 0 Å². The first-order chi connectivity index (χ1) is 6.75. The predicted octanol–water partition coefficient (Wildman–Crippen LogP) is 2.45. The summed E-state index contributed by atoms with van der Waals surface area (Å²) in [4.78, 5) is 0. The maximum atomic E-state index is 9.37. The van der Waals surface area contributed by atoms with E-state index in [4.69, 9.17) is 0 Å². The van der Waals surface area contributed by atoms with Gasteiger partial charge in [-0.15, -0.1) is 0 Å². The molecule has 0 amide bonds. The fraction of sp³-hybridized carbons (Fsp3) is 0.500. The number of piperidine rings is 1. The van der Waals surface area contributed by atoms with Crippen LogP contribution in [-0.2, 0) is 0 Å². The molecule has 1 aliphatic heterocycles. The zero-order valence-electron chi connectivity index (χ0n) is 8.53. The van der Waals surface area contributed by atoms with E-state index in [0.717, 1.165) is 12.5 Å². The lowest BCUT2D eigenvalue weighted by molar-refractivity contribution is 0.332. The summed E-state index contributed by atoms with van der Waals surface area (Å²) >= 11 is 0. The maximum absolute atomic E-state index is 9.37. The Morgan fingerprint density at radius 1 is 1.36 bits per heavy atom. The first kappa shape index (κ1) is 9.53. The fourth-order valence-corrected chi connectivity index (χ4v) is 2.02. The van der Waals surface area contributed by atoms with Gasteiger partial charge in [0.2, 0.25) is 0 Å². The summed E-state index contributed by atoms with van der Waals surface area (Å²) in [6, 6.07) is 7.98. The van der Waals surface area contributed by atoms with Crippen molar-refractivity contribution >= 4 is 0 Å². The van der Waals surface area contributed by atoms with Gasteiger partial charge in [0.15, 0.2) is 0 Å². The van der Waals surface area contributed by atoms with Gasteiger partial charge in [0.05, 0.1) is 0 Å². The molecule has 2 atom stereocenters. The molecule has 2 N–H and O–H groups in total. The van der Waals surface area contributed by atoms with Crippen molar-refractivity contribution in [3.8, 4) is 5.75 Å². The second-order valence-electron chi connectivity index (χ2n) is 4.24. The van der Waals surface area contributed by atoms with E-state index in [1.165, 1.54) is 18.4 Å². The number of rotatable bonds is 1. The van der Waals surface area contributed by atoms with E-state index in [0.29, 0.717) is 11.8 Å². The molecule has 2 nitrogen and oxygen atoms in total. The number of hydrogen-bond acceptors (Lipinski definition) is 2. The summed E-state index contributed by atoms with van der Waals surface area (Å²) in [5, 5.41) is 12.9. The highest BCUT2D eigenvalue weighted by molar-refractivity contribution is 5.29. The largest absolute Gasteiger partial charge is 0.508 e. The molecule has 0 aliphatic carbocycles. The van der Waals surface area contributed by atoms with Crippen molar-refractivity contribution in [2.45, 2.75) is 25.8 Å². The molecule has 0 bridgehead atoms. The number of nitrogens with one attached hydrogen (secondary N) is 1. The lowest BCUT2D eigenvalue weighted by atomic mass is 9.92. The van der Waals surface area contributed by atoms with Crippen LogP contribution in [0.15, 0.2) is 24.3 Å². The summed E-state index contributed by atoms with van der Waals surface area (Å²) in [5.41, 5.74) is 1.21. The molecule has 2 unspecified atom stereocenters. The van der Waals surface area contributed by atoms with Gasteiger partial charge < -0.3 is 10.4 Å². The van der Waals surface area contributed by atoms with Crippen molar-refractivity contribution in [3.05, 3.63) is 29.8 Å². The van der Waals surface area contributed by atoms with E-state index in [1.807, 2.05) is 12.1 Å². The normalized spacial score (nSPS) is 27.5. The molecular formula is C12H17NO. The van der Waals surface area contributed by atoms with Crippen LogP contribution in [-0.4, -0.2) is 11.7 Å².